The van der Waals surface area contributed by atoms with Crippen LogP contribution in [0.3, 0.4) is 0 Å². The molecule has 2 aromatic rings. The van der Waals surface area contributed by atoms with Gasteiger partial charge in [-0.05, 0) is 18.1 Å². The van der Waals surface area contributed by atoms with Crippen LogP contribution in [0.15, 0.2) is 59.6 Å². The molecule has 0 amide bonds. The average molecular weight is 553 g/mol. The number of nitrogens with zero attached hydrogens (tertiary/aromatic N) is 1. The molecule has 0 aliphatic heterocycles. The highest BCUT2D eigenvalue weighted by Gasteiger charge is 2.12. The van der Waals surface area contributed by atoms with Crippen molar-refractivity contribution in [3.8, 4) is 5.75 Å². The van der Waals surface area contributed by atoms with Gasteiger partial charge in [-0.3, -0.25) is 4.99 Å². The number of benzene rings is 2. The van der Waals surface area contributed by atoms with Gasteiger partial charge in [0.2, 0.25) is 0 Å². The number of hydrogen-bond acceptors (Lipinski definition) is 4. The second-order valence-electron chi connectivity index (χ2n) is 6.27. The monoisotopic (exact) mass is 553 g/mol. The molecule has 0 saturated heterocycles. The van der Waals surface area contributed by atoms with Crippen LogP contribution in [0.25, 0.3) is 0 Å². The van der Waals surface area contributed by atoms with Gasteiger partial charge in [-0.15, -0.1) is 24.0 Å². The largest absolute Gasteiger partial charge is 0.434 e. The summed E-state index contributed by atoms with van der Waals surface area (Å²) < 4.78 is 53.9. The fraction of sp³-hybridized carbons (Fsp3) is 0.350. The van der Waals surface area contributed by atoms with E-state index in [1.807, 2.05) is 18.2 Å². The number of rotatable bonds is 10. The molecule has 30 heavy (non-hydrogen) atoms. The van der Waals surface area contributed by atoms with Crippen LogP contribution >= 0.6 is 24.0 Å². The summed E-state index contributed by atoms with van der Waals surface area (Å²) in [6.45, 7) is -2.26. The first-order valence-corrected chi connectivity index (χ1v) is 10.9. The standard InChI is InChI=1S/C20H25F2N3O3S.HI/c1-23-20(25-14-17-10-5-6-11-18(17)28-19(21)22)24-12-7-13-29(26,27)15-16-8-3-2-4-9-16;/h2-6,8-11,19H,7,12-15H2,1H3,(H2,23,24,25);1H. The van der Waals surface area contributed by atoms with Gasteiger partial charge in [0.05, 0.1) is 11.5 Å². The van der Waals surface area contributed by atoms with Crippen molar-refractivity contribution in [1.82, 2.24) is 10.6 Å². The molecule has 0 aromatic heterocycles. The Morgan fingerprint density at radius 1 is 1.07 bits per heavy atom. The molecule has 166 valence electrons. The van der Waals surface area contributed by atoms with Crippen molar-refractivity contribution in [2.75, 3.05) is 19.3 Å². The summed E-state index contributed by atoms with van der Waals surface area (Å²) in [5.74, 6) is 0.605. The minimum atomic E-state index is -3.20. The van der Waals surface area contributed by atoms with Crippen molar-refractivity contribution in [3.63, 3.8) is 0 Å². The highest BCUT2D eigenvalue weighted by molar-refractivity contribution is 14.0. The third-order valence-electron chi connectivity index (χ3n) is 4.01. The normalized spacial score (nSPS) is 11.7. The van der Waals surface area contributed by atoms with E-state index >= 15 is 0 Å². The second-order valence-corrected chi connectivity index (χ2v) is 8.45. The van der Waals surface area contributed by atoms with E-state index < -0.39 is 16.4 Å². The lowest BCUT2D eigenvalue weighted by Crippen LogP contribution is -2.37. The summed E-state index contributed by atoms with van der Waals surface area (Å²) in [5.41, 5.74) is 1.32. The van der Waals surface area contributed by atoms with Gasteiger partial charge in [0.15, 0.2) is 15.8 Å². The van der Waals surface area contributed by atoms with Gasteiger partial charge in [0, 0.05) is 25.7 Å². The van der Waals surface area contributed by atoms with E-state index in [2.05, 4.69) is 20.4 Å². The number of para-hydroxylation sites is 1. The molecule has 0 heterocycles. The van der Waals surface area contributed by atoms with Gasteiger partial charge in [-0.1, -0.05) is 48.5 Å². The molecule has 0 unspecified atom stereocenters. The molecule has 2 aromatic carbocycles. The van der Waals surface area contributed by atoms with Crippen molar-refractivity contribution in [1.29, 1.82) is 0 Å². The minimum absolute atomic E-state index is 0. The molecule has 0 aliphatic carbocycles. The van der Waals surface area contributed by atoms with Crippen LogP contribution in [-0.2, 0) is 22.1 Å². The van der Waals surface area contributed by atoms with Crippen LogP contribution in [0.2, 0.25) is 0 Å². The topological polar surface area (TPSA) is 79.8 Å². The van der Waals surface area contributed by atoms with E-state index in [-0.39, 0.29) is 47.8 Å². The summed E-state index contributed by atoms with van der Waals surface area (Å²) >= 11 is 0. The van der Waals surface area contributed by atoms with E-state index in [4.69, 9.17) is 0 Å². The van der Waals surface area contributed by atoms with Crippen molar-refractivity contribution in [2.24, 2.45) is 4.99 Å². The van der Waals surface area contributed by atoms with E-state index in [9.17, 15) is 17.2 Å². The minimum Gasteiger partial charge on any atom is -0.434 e. The van der Waals surface area contributed by atoms with Crippen molar-refractivity contribution in [2.45, 2.75) is 25.3 Å². The van der Waals surface area contributed by atoms with E-state index in [0.29, 0.717) is 24.5 Å². The molecule has 10 heteroatoms. The lowest BCUT2D eigenvalue weighted by Gasteiger charge is -2.14. The highest BCUT2D eigenvalue weighted by atomic mass is 127. The molecule has 0 radical (unpaired) electrons. The zero-order chi connectivity index (χ0) is 21.1. The molecular weight excluding hydrogens is 527 g/mol. The Bertz CT molecular complexity index is 897. The number of alkyl halides is 2. The Hall–Kier alpha value is -1.95. The Balaban J connectivity index is 0.00000450. The van der Waals surface area contributed by atoms with E-state index in [1.54, 1.807) is 37.4 Å². The first-order valence-electron chi connectivity index (χ1n) is 9.11. The number of hydrogen-bond donors (Lipinski definition) is 2. The molecule has 0 bridgehead atoms. The summed E-state index contributed by atoms with van der Waals surface area (Å²) in [7, 11) is -1.63. The molecule has 0 aliphatic rings. The third-order valence-corrected chi connectivity index (χ3v) is 5.70. The second kappa shape index (κ2) is 13.4. The molecule has 0 saturated carbocycles. The predicted molar refractivity (Wildman–Crippen MR) is 125 cm³/mol. The van der Waals surface area contributed by atoms with Gasteiger partial charge in [-0.25, -0.2) is 8.42 Å². The van der Waals surface area contributed by atoms with Crippen molar-refractivity contribution < 1.29 is 21.9 Å². The summed E-state index contributed by atoms with van der Waals surface area (Å²) in [5, 5.41) is 6.02. The zero-order valence-electron chi connectivity index (χ0n) is 16.6. The predicted octanol–water partition coefficient (Wildman–Crippen LogP) is 3.58. The summed E-state index contributed by atoms with van der Waals surface area (Å²) in [4.78, 5) is 4.05. The maximum absolute atomic E-state index is 12.5. The lowest BCUT2D eigenvalue weighted by atomic mass is 10.2. The fourth-order valence-corrected chi connectivity index (χ4v) is 4.09. The third kappa shape index (κ3) is 9.70. The maximum atomic E-state index is 12.5. The number of nitrogens with one attached hydrogen (secondary N) is 2. The molecular formula is C20H26F2IN3O3S. The fourth-order valence-electron chi connectivity index (χ4n) is 2.66. The average Bonchev–Trinajstić information content (AvgIpc) is 2.68. The Morgan fingerprint density at radius 3 is 2.40 bits per heavy atom. The van der Waals surface area contributed by atoms with Crippen LogP contribution in [0.4, 0.5) is 8.78 Å². The van der Waals surface area contributed by atoms with Crippen LogP contribution in [0.1, 0.15) is 17.5 Å². The molecule has 2 N–H and O–H groups in total. The van der Waals surface area contributed by atoms with Crippen LogP contribution in [-0.4, -0.2) is 40.3 Å². The van der Waals surface area contributed by atoms with Crippen LogP contribution in [0.5, 0.6) is 5.75 Å². The van der Waals surface area contributed by atoms with Gasteiger partial charge >= 0.3 is 6.61 Å². The number of sulfone groups is 1. The molecule has 6 nitrogen and oxygen atoms in total. The van der Waals surface area contributed by atoms with Crippen LogP contribution < -0.4 is 15.4 Å². The number of guanidine groups is 1. The van der Waals surface area contributed by atoms with Gasteiger partial charge in [-0.2, -0.15) is 8.78 Å². The summed E-state index contributed by atoms with van der Waals surface area (Å²) in [6, 6.07) is 15.5. The smallest absolute Gasteiger partial charge is 0.387 e. The highest BCUT2D eigenvalue weighted by Crippen LogP contribution is 2.19. The number of aliphatic imine (C=N–C) groups is 1. The van der Waals surface area contributed by atoms with Crippen molar-refractivity contribution >= 4 is 39.8 Å². The number of ether oxygens (including phenoxy) is 1. The molecule has 0 spiro atoms. The van der Waals surface area contributed by atoms with E-state index in [0.717, 1.165) is 5.56 Å². The van der Waals surface area contributed by atoms with Crippen molar-refractivity contribution in [3.05, 3.63) is 65.7 Å². The zero-order valence-corrected chi connectivity index (χ0v) is 19.7. The molecule has 0 fully saturated rings. The summed E-state index contributed by atoms with van der Waals surface area (Å²) in [6.07, 6.45) is 0.418. The first-order chi connectivity index (χ1) is 13.9. The van der Waals surface area contributed by atoms with E-state index in [1.165, 1.54) is 6.07 Å². The van der Waals surface area contributed by atoms with Gasteiger partial charge < -0.3 is 15.4 Å². The lowest BCUT2D eigenvalue weighted by molar-refractivity contribution is -0.0504. The Morgan fingerprint density at radius 2 is 1.73 bits per heavy atom. The first kappa shape index (κ1) is 26.1. The van der Waals surface area contributed by atoms with Gasteiger partial charge in [0.25, 0.3) is 0 Å². The van der Waals surface area contributed by atoms with Gasteiger partial charge in [0.1, 0.15) is 5.75 Å². The SMILES string of the molecule is CN=C(NCCCS(=O)(=O)Cc1ccccc1)NCc1ccccc1OC(F)F.I. The quantitative estimate of drug-likeness (QED) is 0.204. The Labute approximate surface area is 193 Å². The molecule has 2 rings (SSSR count). The Kier molecular flexibility index (Phi) is 11.6. The van der Waals surface area contributed by atoms with Crippen LogP contribution in [0, 0.1) is 0 Å². The molecule has 0 atom stereocenters. The maximum Gasteiger partial charge on any atom is 0.387 e. The number of halogens is 3.